The lowest BCUT2D eigenvalue weighted by molar-refractivity contribution is 0.627. The van der Waals surface area contributed by atoms with E-state index in [0.29, 0.717) is 4.90 Å². The van der Waals surface area contributed by atoms with Crippen LogP contribution in [0, 0.1) is 5.82 Å². The Kier molecular flexibility index (Phi) is 3.47. The molecule has 0 aliphatic heterocycles. The molecule has 0 saturated carbocycles. The number of nitrogen functional groups attached to an aromatic ring is 1. The van der Waals surface area contributed by atoms with Crippen molar-refractivity contribution in [1.29, 1.82) is 0 Å². The van der Waals surface area contributed by atoms with E-state index < -0.39 is 16.6 Å². The van der Waals surface area contributed by atoms with Crippen molar-refractivity contribution in [2.24, 2.45) is 7.05 Å². The summed E-state index contributed by atoms with van der Waals surface area (Å²) in [6.45, 7) is 0. The lowest BCUT2D eigenvalue weighted by Gasteiger charge is -2.04. The Morgan fingerprint density at radius 2 is 2.05 bits per heavy atom. The molecule has 0 aliphatic carbocycles. The summed E-state index contributed by atoms with van der Waals surface area (Å²) >= 11 is 0. The maximum Gasteiger partial charge on any atom is 0.125 e. The molecule has 1 unspecified atom stereocenters. The molecular formula is C15H14FN3OS. The van der Waals surface area contributed by atoms with Gasteiger partial charge in [-0.25, -0.2) is 4.39 Å². The lowest BCUT2D eigenvalue weighted by Crippen LogP contribution is -2.02. The van der Waals surface area contributed by atoms with Crippen LogP contribution in [0.4, 0.5) is 10.1 Å². The van der Waals surface area contributed by atoms with Crippen LogP contribution in [0.2, 0.25) is 0 Å². The molecule has 108 valence electrons. The molecule has 1 atom stereocenters. The van der Waals surface area contributed by atoms with Crippen molar-refractivity contribution in [2.45, 2.75) is 10.6 Å². The normalized spacial score (nSPS) is 12.7. The zero-order valence-electron chi connectivity index (χ0n) is 11.4. The Labute approximate surface area is 123 Å². The molecule has 0 spiro atoms. The monoisotopic (exact) mass is 303 g/mol. The highest BCUT2D eigenvalue weighted by molar-refractivity contribution is 7.84. The van der Waals surface area contributed by atoms with Crippen molar-refractivity contribution in [3.05, 3.63) is 54.0 Å². The number of aromatic nitrogens is 2. The number of fused-ring (bicyclic) bond motifs is 1. The van der Waals surface area contributed by atoms with Crippen LogP contribution in [0.3, 0.4) is 0 Å². The molecule has 0 fully saturated rings. The van der Waals surface area contributed by atoms with E-state index in [1.807, 2.05) is 31.3 Å². The van der Waals surface area contributed by atoms with Gasteiger partial charge in [0.1, 0.15) is 5.82 Å². The molecule has 0 saturated heterocycles. The zero-order chi connectivity index (χ0) is 15.0. The van der Waals surface area contributed by atoms with Crippen LogP contribution in [0.15, 0.2) is 47.4 Å². The molecular weight excluding hydrogens is 289 g/mol. The topological polar surface area (TPSA) is 60.9 Å². The largest absolute Gasteiger partial charge is 0.398 e. The van der Waals surface area contributed by atoms with Crippen LogP contribution in [-0.2, 0) is 23.6 Å². The third kappa shape index (κ3) is 2.54. The average Bonchev–Trinajstić information content (AvgIpc) is 2.76. The van der Waals surface area contributed by atoms with Gasteiger partial charge >= 0.3 is 0 Å². The van der Waals surface area contributed by atoms with Gasteiger partial charge in [-0.1, -0.05) is 18.2 Å². The van der Waals surface area contributed by atoms with Crippen molar-refractivity contribution in [1.82, 2.24) is 9.78 Å². The standard InChI is InChI=1S/C15H14FN3OS/c1-19-14-5-3-2-4-11(14)13(18-19)9-21(20)15-7-6-10(16)8-12(15)17/h2-8H,9,17H2,1H3. The van der Waals surface area contributed by atoms with E-state index in [2.05, 4.69) is 5.10 Å². The fourth-order valence-electron chi connectivity index (χ4n) is 2.32. The molecule has 21 heavy (non-hydrogen) atoms. The predicted octanol–water partition coefficient (Wildman–Crippen LogP) is 2.60. The van der Waals surface area contributed by atoms with Gasteiger partial charge in [0.2, 0.25) is 0 Å². The van der Waals surface area contributed by atoms with E-state index in [9.17, 15) is 8.60 Å². The number of nitrogens with two attached hydrogens (primary N) is 1. The number of nitrogens with zero attached hydrogens (tertiary/aromatic N) is 2. The minimum atomic E-state index is -1.36. The zero-order valence-corrected chi connectivity index (χ0v) is 12.2. The number of halogens is 1. The first-order valence-electron chi connectivity index (χ1n) is 6.40. The van der Waals surface area contributed by atoms with Crippen LogP contribution >= 0.6 is 0 Å². The van der Waals surface area contributed by atoms with Crippen molar-refractivity contribution < 1.29 is 8.60 Å². The molecule has 6 heteroatoms. The molecule has 1 heterocycles. The molecule has 4 nitrogen and oxygen atoms in total. The highest BCUT2D eigenvalue weighted by Gasteiger charge is 2.14. The van der Waals surface area contributed by atoms with E-state index in [1.165, 1.54) is 18.2 Å². The van der Waals surface area contributed by atoms with Crippen molar-refractivity contribution >= 4 is 27.4 Å². The van der Waals surface area contributed by atoms with Crippen LogP contribution < -0.4 is 5.73 Å². The number of anilines is 1. The summed E-state index contributed by atoms with van der Waals surface area (Å²) in [5.74, 6) is -0.187. The van der Waals surface area contributed by atoms with Gasteiger partial charge < -0.3 is 5.73 Å². The van der Waals surface area contributed by atoms with Gasteiger partial charge in [0.15, 0.2) is 0 Å². The Hall–Kier alpha value is -2.21. The second kappa shape index (κ2) is 5.29. The average molecular weight is 303 g/mol. The minimum Gasteiger partial charge on any atom is -0.398 e. The first kappa shape index (κ1) is 13.8. The predicted molar refractivity (Wildman–Crippen MR) is 81.6 cm³/mol. The van der Waals surface area contributed by atoms with E-state index in [4.69, 9.17) is 5.73 Å². The molecule has 2 N–H and O–H groups in total. The third-order valence-corrected chi connectivity index (χ3v) is 4.72. The number of hydrogen-bond donors (Lipinski definition) is 1. The molecule has 0 amide bonds. The van der Waals surface area contributed by atoms with E-state index in [-0.39, 0.29) is 11.4 Å². The van der Waals surface area contributed by atoms with Gasteiger partial charge in [-0.05, 0) is 24.3 Å². The van der Waals surface area contributed by atoms with Crippen LogP contribution in [-0.4, -0.2) is 14.0 Å². The summed E-state index contributed by atoms with van der Waals surface area (Å²) in [6.07, 6.45) is 0. The molecule has 2 aromatic carbocycles. The van der Waals surface area contributed by atoms with Crippen LogP contribution in [0.25, 0.3) is 10.9 Å². The van der Waals surface area contributed by atoms with E-state index in [0.717, 1.165) is 16.6 Å². The lowest BCUT2D eigenvalue weighted by atomic mass is 10.2. The first-order chi connectivity index (χ1) is 10.1. The molecule has 1 aromatic heterocycles. The van der Waals surface area contributed by atoms with E-state index in [1.54, 1.807) is 4.68 Å². The Morgan fingerprint density at radius 3 is 2.81 bits per heavy atom. The van der Waals surface area contributed by atoms with Gasteiger partial charge in [-0.15, -0.1) is 0 Å². The van der Waals surface area contributed by atoms with Crippen LogP contribution in [0.5, 0.6) is 0 Å². The minimum absolute atomic E-state index is 0.202. The van der Waals surface area contributed by atoms with Gasteiger partial charge in [-0.2, -0.15) is 5.10 Å². The summed E-state index contributed by atoms with van der Waals surface area (Å²) in [7, 11) is 0.484. The number of benzene rings is 2. The van der Waals surface area contributed by atoms with E-state index >= 15 is 0 Å². The van der Waals surface area contributed by atoms with Gasteiger partial charge in [0.05, 0.1) is 38.3 Å². The second-order valence-corrected chi connectivity index (χ2v) is 6.18. The number of aryl methyl sites for hydroxylation is 1. The maximum absolute atomic E-state index is 13.1. The Balaban J connectivity index is 1.97. The smallest absolute Gasteiger partial charge is 0.125 e. The fraction of sp³-hybridized carbons (Fsp3) is 0.133. The molecule has 0 bridgehead atoms. The number of rotatable bonds is 3. The Morgan fingerprint density at radius 1 is 1.29 bits per heavy atom. The second-order valence-electron chi connectivity index (χ2n) is 4.76. The highest BCUT2D eigenvalue weighted by Crippen LogP contribution is 2.23. The fourth-order valence-corrected chi connectivity index (χ4v) is 3.48. The van der Waals surface area contributed by atoms with Gasteiger partial charge in [-0.3, -0.25) is 8.89 Å². The summed E-state index contributed by atoms with van der Waals surface area (Å²) in [5.41, 5.74) is 7.67. The third-order valence-electron chi connectivity index (χ3n) is 3.32. The summed E-state index contributed by atoms with van der Waals surface area (Å²) in [6, 6.07) is 11.7. The van der Waals surface area contributed by atoms with Crippen molar-refractivity contribution in [3.8, 4) is 0 Å². The molecule has 0 aliphatic rings. The molecule has 3 aromatic rings. The summed E-state index contributed by atoms with van der Waals surface area (Å²) in [4.78, 5) is 0.436. The highest BCUT2D eigenvalue weighted by atomic mass is 32.2. The number of hydrogen-bond acceptors (Lipinski definition) is 3. The van der Waals surface area contributed by atoms with Crippen molar-refractivity contribution in [2.75, 3.05) is 5.73 Å². The molecule has 0 radical (unpaired) electrons. The quantitative estimate of drug-likeness (QED) is 0.757. The van der Waals surface area contributed by atoms with Gasteiger partial charge in [0.25, 0.3) is 0 Å². The summed E-state index contributed by atoms with van der Waals surface area (Å²) in [5, 5.41) is 5.38. The van der Waals surface area contributed by atoms with Crippen LogP contribution in [0.1, 0.15) is 5.69 Å². The summed E-state index contributed by atoms with van der Waals surface area (Å²) < 4.78 is 27.3. The number of para-hydroxylation sites is 1. The SMILES string of the molecule is Cn1nc(CS(=O)c2ccc(F)cc2N)c2ccccc21. The molecule has 3 rings (SSSR count). The first-order valence-corrected chi connectivity index (χ1v) is 7.72. The maximum atomic E-state index is 13.1. The van der Waals surface area contributed by atoms with Crippen molar-refractivity contribution in [3.63, 3.8) is 0 Å². The van der Waals surface area contributed by atoms with Gasteiger partial charge in [0, 0.05) is 12.4 Å². The Bertz CT molecular complexity index is 844.